The highest BCUT2D eigenvalue weighted by Gasteiger charge is 2.24. The zero-order chi connectivity index (χ0) is 13.0. The van der Waals surface area contributed by atoms with Crippen LogP contribution < -0.4 is 15.3 Å². The Morgan fingerprint density at radius 2 is 2.11 bits per heavy atom. The lowest BCUT2D eigenvalue weighted by Gasteiger charge is -2.27. The summed E-state index contributed by atoms with van der Waals surface area (Å²) < 4.78 is 19.6. The maximum absolute atomic E-state index is 11.1. The molecule has 1 atom stereocenters. The van der Waals surface area contributed by atoms with Gasteiger partial charge in [0, 0.05) is 19.3 Å². The summed E-state index contributed by atoms with van der Waals surface area (Å²) in [4.78, 5) is 18.9. The van der Waals surface area contributed by atoms with Crippen molar-refractivity contribution in [2.24, 2.45) is 5.90 Å². The topological polar surface area (TPSA) is 111 Å². The van der Waals surface area contributed by atoms with Gasteiger partial charge in [0.1, 0.15) is 5.82 Å². The molecule has 100 valence electrons. The van der Waals surface area contributed by atoms with Crippen LogP contribution in [0.25, 0.3) is 0 Å². The third-order valence-corrected chi connectivity index (χ3v) is 3.29. The van der Waals surface area contributed by atoms with E-state index in [1.807, 2.05) is 0 Å². The Morgan fingerprint density at radius 1 is 1.39 bits per heavy atom. The standard InChI is InChI=1S/C9H15N4O4P/c10-17-18(14,15)16-9-11-5-4-8(12-9)13-6-2-1-3-7-13/h4-5H,1-3,6-7,10H2,(H,14,15). The number of hydrogen-bond donors (Lipinski definition) is 2. The highest BCUT2D eigenvalue weighted by Crippen LogP contribution is 2.40. The van der Waals surface area contributed by atoms with Gasteiger partial charge in [-0.1, -0.05) is 0 Å². The molecule has 0 spiro atoms. The number of nitrogens with zero attached hydrogens (tertiary/aromatic N) is 3. The van der Waals surface area contributed by atoms with Gasteiger partial charge in [-0.05, 0) is 25.3 Å². The Labute approximate surface area is 104 Å². The predicted octanol–water partition coefficient (Wildman–Crippen LogP) is 0.836. The molecular weight excluding hydrogens is 259 g/mol. The Morgan fingerprint density at radius 3 is 2.78 bits per heavy atom. The zero-order valence-corrected chi connectivity index (χ0v) is 10.6. The zero-order valence-electron chi connectivity index (χ0n) is 9.73. The molecule has 0 amide bonds. The van der Waals surface area contributed by atoms with Crippen LogP contribution in [0.15, 0.2) is 12.3 Å². The van der Waals surface area contributed by atoms with Gasteiger partial charge in [-0.3, -0.25) is 4.89 Å². The molecule has 1 fully saturated rings. The molecule has 2 heterocycles. The summed E-state index contributed by atoms with van der Waals surface area (Å²) in [5.41, 5.74) is 0. The van der Waals surface area contributed by atoms with Gasteiger partial charge < -0.3 is 9.42 Å². The maximum Gasteiger partial charge on any atom is 0.546 e. The van der Waals surface area contributed by atoms with Crippen molar-refractivity contribution in [1.29, 1.82) is 0 Å². The smallest absolute Gasteiger partial charge is 0.367 e. The van der Waals surface area contributed by atoms with Crippen LogP contribution in [0.3, 0.4) is 0 Å². The fourth-order valence-electron chi connectivity index (χ4n) is 1.80. The number of anilines is 1. The van der Waals surface area contributed by atoms with Crippen molar-refractivity contribution in [2.45, 2.75) is 19.3 Å². The molecule has 1 unspecified atom stereocenters. The molecule has 1 aromatic rings. The molecule has 3 N–H and O–H groups in total. The van der Waals surface area contributed by atoms with E-state index in [2.05, 4.69) is 29.9 Å². The Kier molecular flexibility index (Phi) is 4.13. The summed E-state index contributed by atoms with van der Waals surface area (Å²) in [6.45, 7) is 1.81. The van der Waals surface area contributed by atoms with Crippen molar-refractivity contribution in [3.05, 3.63) is 12.3 Å². The number of piperidine rings is 1. The summed E-state index contributed by atoms with van der Waals surface area (Å²) in [6.07, 6.45) is 4.87. The second-order valence-corrected chi connectivity index (χ2v) is 5.24. The van der Waals surface area contributed by atoms with E-state index in [9.17, 15) is 4.57 Å². The van der Waals surface area contributed by atoms with E-state index in [1.54, 1.807) is 6.07 Å². The lowest BCUT2D eigenvalue weighted by Crippen LogP contribution is -2.30. The normalized spacial score (nSPS) is 19.3. The first-order valence-electron chi connectivity index (χ1n) is 5.59. The minimum Gasteiger partial charge on any atom is -0.367 e. The first-order valence-corrected chi connectivity index (χ1v) is 7.09. The van der Waals surface area contributed by atoms with Crippen LogP contribution >= 0.6 is 7.82 Å². The van der Waals surface area contributed by atoms with Crippen LogP contribution in [0.2, 0.25) is 0 Å². The lowest BCUT2D eigenvalue weighted by molar-refractivity contribution is 0.203. The van der Waals surface area contributed by atoms with Crippen LogP contribution in [0.5, 0.6) is 6.01 Å². The second-order valence-electron chi connectivity index (χ2n) is 3.91. The van der Waals surface area contributed by atoms with Gasteiger partial charge in [0.25, 0.3) is 0 Å². The predicted molar refractivity (Wildman–Crippen MR) is 63.8 cm³/mol. The van der Waals surface area contributed by atoms with Gasteiger partial charge in [0.2, 0.25) is 0 Å². The number of nitrogens with two attached hydrogens (primary N) is 1. The summed E-state index contributed by atoms with van der Waals surface area (Å²) in [5.74, 6) is 5.29. The van der Waals surface area contributed by atoms with Gasteiger partial charge in [0.15, 0.2) is 0 Å². The number of phosphoric ester groups is 1. The van der Waals surface area contributed by atoms with E-state index >= 15 is 0 Å². The molecular formula is C9H15N4O4P. The van der Waals surface area contributed by atoms with Crippen molar-refractivity contribution in [3.63, 3.8) is 0 Å². The van der Waals surface area contributed by atoms with Crippen LogP contribution in [-0.4, -0.2) is 28.0 Å². The summed E-state index contributed by atoms with van der Waals surface area (Å²) in [5, 5.41) is 0. The molecule has 0 aliphatic carbocycles. The van der Waals surface area contributed by atoms with Gasteiger partial charge in [-0.25, -0.2) is 15.4 Å². The van der Waals surface area contributed by atoms with Crippen LogP contribution in [0, 0.1) is 0 Å². The van der Waals surface area contributed by atoms with Gasteiger partial charge in [0.05, 0.1) is 0 Å². The van der Waals surface area contributed by atoms with E-state index in [0.717, 1.165) is 25.9 Å². The van der Waals surface area contributed by atoms with Gasteiger partial charge in [-0.15, -0.1) is 0 Å². The van der Waals surface area contributed by atoms with Crippen molar-refractivity contribution >= 4 is 13.6 Å². The molecule has 9 heteroatoms. The van der Waals surface area contributed by atoms with E-state index in [4.69, 9.17) is 4.89 Å². The first-order chi connectivity index (χ1) is 8.61. The second kappa shape index (κ2) is 5.62. The third-order valence-electron chi connectivity index (χ3n) is 2.63. The highest BCUT2D eigenvalue weighted by atomic mass is 31.2. The number of rotatable bonds is 4. The average Bonchev–Trinajstić information content (AvgIpc) is 2.40. The molecule has 0 radical (unpaired) electrons. The minimum absolute atomic E-state index is 0.227. The Hall–Kier alpha value is -1.21. The molecule has 0 aromatic carbocycles. The first kappa shape index (κ1) is 13.2. The molecule has 0 saturated carbocycles. The third kappa shape index (κ3) is 3.39. The molecule has 1 aromatic heterocycles. The molecule has 1 saturated heterocycles. The minimum atomic E-state index is -4.32. The van der Waals surface area contributed by atoms with Crippen molar-refractivity contribution in [1.82, 2.24) is 9.97 Å². The van der Waals surface area contributed by atoms with Gasteiger partial charge in [-0.2, -0.15) is 9.61 Å². The number of hydrogen-bond acceptors (Lipinski definition) is 7. The highest BCUT2D eigenvalue weighted by molar-refractivity contribution is 7.47. The largest absolute Gasteiger partial charge is 0.546 e. The van der Waals surface area contributed by atoms with Crippen LogP contribution in [-0.2, 0) is 9.19 Å². The number of aromatic nitrogens is 2. The Bertz CT molecular complexity index is 452. The fourth-order valence-corrected chi connectivity index (χ4v) is 2.14. The monoisotopic (exact) mass is 274 g/mol. The van der Waals surface area contributed by atoms with Crippen molar-refractivity contribution < 1.29 is 18.6 Å². The van der Waals surface area contributed by atoms with Crippen molar-refractivity contribution in [2.75, 3.05) is 18.0 Å². The van der Waals surface area contributed by atoms with E-state index in [0.29, 0.717) is 5.82 Å². The molecule has 8 nitrogen and oxygen atoms in total. The average molecular weight is 274 g/mol. The number of phosphoric acid groups is 1. The van der Waals surface area contributed by atoms with Crippen LogP contribution in [0.1, 0.15) is 19.3 Å². The summed E-state index contributed by atoms with van der Waals surface area (Å²) in [6, 6.07) is 1.50. The summed E-state index contributed by atoms with van der Waals surface area (Å²) >= 11 is 0. The van der Waals surface area contributed by atoms with E-state index in [-0.39, 0.29) is 6.01 Å². The fraction of sp³-hybridized carbons (Fsp3) is 0.556. The molecule has 18 heavy (non-hydrogen) atoms. The maximum atomic E-state index is 11.1. The SMILES string of the molecule is NOP(=O)(O)Oc1nccc(N2CCCCC2)n1. The van der Waals surface area contributed by atoms with Crippen LogP contribution in [0.4, 0.5) is 5.82 Å². The Balaban J connectivity index is 2.11. The molecule has 1 aliphatic heterocycles. The van der Waals surface area contributed by atoms with E-state index in [1.165, 1.54) is 12.6 Å². The summed E-state index contributed by atoms with van der Waals surface area (Å²) in [7, 11) is -4.32. The molecule has 2 rings (SSSR count). The molecule has 1 aliphatic rings. The molecule has 0 bridgehead atoms. The lowest BCUT2D eigenvalue weighted by atomic mass is 10.1. The van der Waals surface area contributed by atoms with E-state index < -0.39 is 7.82 Å². The van der Waals surface area contributed by atoms with Gasteiger partial charge >= 0.3 is 13.8 Å². The van der Waals surface area contributed by atoms with Crippen molar-refractivity contribution in [3.8, 4) is 6.01 Å². The quantitative estimate of drug-likeness (QED) is 0.613.